The highest BCUT2D eigenvalue weighted by atomic mass is 32.1. The smallest absolute Gasteiger partial charge is 0.248 e. The van der Waals surface area contributed by atoms with E-state index in [-0.39, 0.29) is 24.3 Å². The summed E-state index contributed by atoms with van der Waals surface area (Å²) in [5.41, 5.74) is 0.690. The zero-order valence-electron chi connectivity index (χ0n) is 18.2. The highest BCUT2D eigenvalue weighted by molar-refractivity contribution is 7.10. The molecule has 0 bridgehead atoms. The molecule has 1 atom stereocenters. The third-order valence-corrected chi connectivity index (χ3v) is 7.42. The fraction of sp³-hybridized carbons (Fsp3) is 0.360. The second-order valence-corrected chi connectivity index (χ2v) is 9.87. The Labute approximate surface area is 197 Å². The van der Waals surface area contributed by atoms with Gasteiger partial charge in [0.05, 0.1) is 13.0 Å². The SMILES string of the molecule is CCOc1ccc(N(C(=O)Cc2cccs2)[C@H](C(=O)NC2CCCC2)c2cccs2)cc1. The fourth-order valence-electron chi connectivity index (χ4n) is 4.12. The van der Waals surface area contributed by atoms with Crippen LogP contribution >= 0.6 is 22.7 Å². The lowest BCUT2D eigenvalue weighted by Gasteiger charge is -2.31. The van der Waals surface area contributed by atoms with Gasteiger partial charge in [0, 0.05) is 21.5 Å². The number of nitrogens with one attached hydrogen (secondary N) is 1. The van der Waals surface area contributed by atoms with Gasteiger partial charge in [0.1, 0.15) is 11.8 Å². The Morgan fingerprint density at radius 2 is 1.78 bits per heavy atom. The molecule has 3 aromatic rings. The van der Waals surface area contributed by atoms with Crippen molar-refractivity contribution in [3.05, 3.63) is 69.0 Å². The Morgan fingerprint density at radius 1 is 1.06 bits per heavy atom. The van der Waals surface area contributed by atoms with E-state index in [2.05, 4.69) is 5.32 Å². The van der Waals surface area contributed by atoms with Crippen molar-refractivity contribution in [3.63, 3.8) is 0 Å². The van der Waals surface area contributed by atoms with Gasteiger partial charge in [-0.3, -0.25) is 14.5 Å². The average Bonchev–Trinajstić information content (AvgIpc) is 3.57. The molecular weight excluding hydrogens is 440 g/mol. The van der Waals surface area contributed by atoms with Crippen molar-refractivity contribution in [2.24, 2.45) is 0 Å². The summed E-state index contributed by atoms with van der Waals surface area (Å²) in [6.45, 7) is 2.51. The molecule has 1 aliphatic rings. The maximum absolute atomic E-state index is 13.6. The van der Waals surface area contributed by atoms with Crippen LogP contribution < -0.4 is 15.0 Å². The second kappa shape index (κ2) is 10.8. The molecule has 1 saturated carbocycles. The van der Waals surface area contributed by atoms with E-state index in [1.54, 1.807) is 16.2 Å². The van der Waals surface area contributed by atoms with Gasteiger partial charge in [-0.25, -0.2) is 0 Å². The summed E-state index contributed by atoms with van der Waals surface area (Å²) in [5, 5.41) is 7.13. The van der Waals surface area contributed by atoms with Crippen LogP contribution in [0.3, 0.4) is 0 Å². The lowest BCUT2D eigenvalue weighted by atomic mass is 10.1. The fourth-order valence-corrected chi connectivity index (χ4v) is 5.63. The van der Waals surface area contributed by atoms with E-state index < -0.39 is 6.04 Å². The molecule has 7 heteroatoms. The highest BCUT2D eigenvalue weighted by Crippen LogP contribution is 2.33. The molecular formula is C25H28N2O3S2. The molecule has 0 aliphatic heterocycles. The van der Waals surface area contributed by atoms with Gasteiger partial charge < -0.3 is 10.1 Å². The van der Waals surface area contributed by atoms with Gasteiger partial charge >= 0.3 is 0 Å². The van der Waals surface area contributed by atoms with Crippen molar-refractivity contribution in [2.75, 3.05) is 11.5 Å². The van der Waals surface area contributed by atoms with Gasteiger partial charge in [-0.05, 0) is 66.9 Å². The Hall–Kier alpha value is -2.64. The predicted octanol–water partition coefficient (Wildman–Crippen LogP) is 5.58. The molecule has 0 saturated heterocycles. The van der Waals surface area contributed by atoms with Crippen molar-refractivity contribution >= 4 is 40.2 Å². The van der Waals surface area contributed by atoms with Crippen molar-refractivity contribution in [2.45, 2.75) is 51.1 Å². The maximum Gasteiger partial charge on any atom is 0.248 e. The maximum atomic E-state index is 13.6. The molecule has 5 nitrogen and oxygen atoms in total. The summed E-state index contributed by atoms with van der Waals surface area (Å²) in [6, 6.07) is 14.7. The summed E-state index contributed by atoms with van der Waals surface area (Å²) >= 11 is 3.05. The molecule has 4 rings (SSSR count). The van der Waals surface area contributed by atoms with Gasteiger partial charge in [-0.2, -0.15) is 0 Å². The number of hydrogen-bond donors (Lipinski definition) is 1. The molecule has 1 aliphatic carbocycles. The highest BCUT2D eigenvalue weighted by Gasteiger charge is 2.35. The Bertz CT molecular complexity index is 995. The van der Waals surface area contributed by atoms with Crippen LogP contribution in [0.1, 0.15) is 48.4 Å². The van der Waals surface area contributed by atoms with Crippen LogP contribution in [0.5, 0.6) is 5.75 Å². The monoisotopic (exact) mass is 468 g/mol. The zero-order chi connectivity index (χ0) is 22.3. The number of benzene rings is 1. The van der Waals surface area contributed by atoms with Crippen LogP contribution in [0.25, 0.3) is 0 Å². The predicted molar refractivity (Wildman–Crippen MR) is 131 cm³/mol. The van der Waals surface area contributed by atoms with Crippen LogP contribution in [-0.4, -0.2) is 24.5 Å². The summed E-state index contributed by atoms with van der Waals surface area (Å²) in [4.78, 5) is 30.7. The Kier molecular flexibility index (Phi) is 7.60. The molecule has 0 radical (unpaired) electrons. The number of ether oxygens (including phenoxy) is 1. The van der Waals surface area contributed by atoms with Gasteiger partial charge in [-0.1, -0.05) is 25.0 Å². The quantitative estimate of drug-likeness (QED) is 0.446. The molecule has 32 heavy (non-hydrogen) atoms. The summed E-state index contributed by atoms with van der Waals surface area (Å²) in [7, 11) is 0. The topological polar surface area (TPSA) is 58.6 Å². The molecule has 1 fully saturated rings. The standard InChI is InChI=1S/C25H28N2O3S2/c1-2-30-20-13-11-19(12-14-20)27(23(28)17-21-9-5-15-31-21)24(22-10-6-16-32-22)25(29)26-18-7-3-4-8-18/h5-6,9-16,18,24H,2-4,7-8,17H2,1H3,(H,26,29)/t24-/m0/s1. The molecule has 168 valence electrons. The first-order chi connectivity index (χ1) is 15.7. The third-order valence-electron chi connectivity index (χ3n) is 5.62. The number of anilines is 1. The van der Waals surface area contributed by atoms with Gasteiger partial charge in [0.2, 0.25) is 11.8 Å². The summed E-state index contributed by atoms with van der Waals surface area (Å²) < 4.78 is 5.58. The van der Waals surface area contributed by atoms with Crippen LogP contribution in [-0.2, 0) is 16.0 Å². The van der Waals surface area contributed by atoms with E-state index in [4.69, 9.17) is 4.74 Å². The Balaban J connectivity index is 1.69. The van der Waals surface area contributed by atoms with Crippen molar-refractivity contribution < 1.29 is 14.3 Å². The first-order valence-corrected chi connectivity index (χ1v) is 12.8. The zero-order valence-corrected chi connectivity index (χ0v) is 19.8. The van der Waals surface area contributed by atoms with E-state index in [1.807, 2.05) is 66.2 Å². The first kappa shape index (κ1) is 22.6. The molecule has 2 aromatic heterocycles. The van der Waals surface area contributed by atoms with Crippen molar-refractivity contribution in [3.8, 4) is 5.75 Å². The van der Waals surface area contributed by atoms with Crippen LogP contribution in [0, 0.1) is 0 Å². The molecule has 0 spiro atoms. The van der Waals surface area contributed by atoms with E-state index in [9.17, 15) is 9.59 Å². The molecule has 2 heterocycles. The summed E-state index contributed by atoms with van der Waals surface area (Å²) in [5.74, 6) is 0.523. The number of carbonyl (C=O) groups is 2. The normalized spacial score (nSPS) is 14.8. The Morgan fingerprint density at radius 3 is 2.41 bits per heavy atom. The second-order valence-electron chi connectivity index (χ2n) is 7.85. The molecule has 2 amide bonds. The van der Waals surface area contributed by atoms with Crippen LogP contribution in [0.2, 0.25) is 0 Å². The van der Waals surface area contributed by atoms with E-state index in [1.165, 1.54) is 11.3 Å². The van der Waals surface area contributed by atoms with Gasteiger partial charge in [0.15, 0.2) is 0 Å². The number of hydrogen-bond acceptors (Lipinski definition) is 5. The number of thiophene rings is 2. The average molecular weight is 469 g/mol. The minimum atomic E-state index is -0.707. The molecule has 0 unspecified atom stereocenters. The largest absolute Gasteiger partial charge is 0.494 e. The number of nitrogens with zero attached hydrogens (tertiary/aromatic N) is 1. The van der Waals surface area contributed by atoms with Crippen molar-refractivity contribution in [1.29, 1.82) is 0 Å². The van der Waals surface area contributed by atoms with E-state index in [0.717, 1.165) is 41.2 Å². The third kappa shape index (κ3) is 5.40. The van der Waals surface area contributed by atoms with Crippen molar-refractivity contribution in [1.82, 2.24) is 5.32 Å². The summed E-state index contributed by atoms with van der Waals surface area (Å²) in [6.07, 6.45) is 4.51. The number of carbonyl (C=O) groups excluding carboxylic acids is 2. The van der Waals surface area contributed by atoms with Gasteiger partial charge in [-0.15, -0.1) is 22.7 Å². The first-order valence-electron chi connectivity index (χ1n) is 11.1. The molecule has 1 N–H and O–H groups in total. The lowest BCUT2D eigenvalue weighted by molar-refractivity contribution is -0.126. The van der Waals surface area contributed by atoms with Gasteiger partial charge in [0.25, 0.3) is 0 Å². The minimum absolute atomic E-state index is 0.100. The number of amides is 2. The minimum Gasteiger partial charge on any atom is -0.494 e. The van der Waals surface area contributed by atoms with Crippen LogP contribution in [0.4, 0.5) is 5.69 Å². The molecule has 1 aromatic carbocycles. The lowest BCUT2D eigenvalue weighted by Crippen LogP contribution is -2.46. The van der Waals surface area contributed by atoms with E-state index >= 15 is 0 Å². The van der Waals surface area contributed by atoms with Crippen LogP contribution in [0.15, 0.2) is 59.3 Å². The van der Waals surface area contributed by atoms with E-state index in [0.29, 0.717) is 12.3 Å². The number of rotatable bonds is 9.